The molecule has 7 heteroatoms. The van der Waals surface area contributed by atoms with Crippen LogP contribution >= 0.6 is 11.3 Å². The van der Waals surface area contributed by atoms with Gasteiger partial charge in [-0.25, -0.2) is 5.43 Å². The van der Waals surface area contributed by atoms with Crippen molar-refractivity contribution in [2.75, 3.05) is 0 Å². The molecule has 21 heavy (non-hydrogen) atoms. The predicted molar refractivity (Wildman–Crippen MR) is 79.1 cm³/mol. The summed E-state index contributed by atoms with van der Waals surface area (Å²) in [7, 11) is 0. The number of amides is 1. The van der Waals surface area contributed by atoms with Gasteiger partial charge in [-0.05, 0) is 11.4 Å². The molecular formula is C14H10N4O2S. The Morgan fingerprint density at radius 1 is 1.24 bits per heavy atom. The third kappa shape index (κ3) is 3.21. The zero-order valence-electron chi connectivity index (χ0n) is 10.8. The van der Waals surface area contributed by atoms with Crippen molar-refractivity contribution in [2.24, 2.45) is 5.10 Å². The Bertz CT molecular complexity index is 750. The molecule has 0 bridgehead atoms. The van der Waals surface area contributed by atoms with Crippen molar-refractivity contribution in [3.05, 3.63) is 58.6 Å². The number of hydrazone groups is 1. The lowest BCUT2D eigenvalue weighted by atomic mass is 10.2. The van der Waals surface area contributed by atoms with Crippen LogP contribution in [0.2, 0.25) is 0 Å². The summed E-state index contributed by atoms with van der Waals surface area (Å²) in [4.78, 5) is 16.8. The molecule has 6 nitrogen and oxygen atoms in total. The van der Waals surface area contributed by atoms with Crippen LogP contribution < -0.4 is 5.43 Å². The molecule has 0 spiro atoms. The Kier molecular flexibility index (Phi) is 3.83. The summed E-state index contributed by atoms with van der Waals surface area (Å²) in [6.07, 6.45) is 1.55. The van der Waals surface area contributed by atoms with E-state index in [2.05, 4.69) is 20.7 Å². The van der Waals surface area contributed by atoms with Crippen molar-refractivity contribution in [1.82, 2.24) is 15.6 Å². The second-order valence-electron chi connectivity index (χ2n) is 4.00. The lowest BCUT2D eigenvalue weighted by Gasteiger charge is -1.92. The Balaban J connectivity index is 1.67. The topological polar surface area (TPSA) is 80.4 Å². The van der Waals surface area contributed by atoms with Crippen molar-refractivity contribution >= 4 is 23.5 Å². The van der Waals surface area contributed by atoms with Crippen molar-refractivity contribution in [2.45, 2.75) is 0 Å². The highest BCUT2D eigenvalue weighted by Gasteiger charge is 2.15. The highest BCUT2D eigenvalue weighted by atomic mass is 32.1. The number of rotatable bonds is 4. The third-order valence-corrected chi connectivity index (χ3v) is 3.36. The number of hydrogen-bond donors (Lipinski definition) is 1. The highest BCUT2D eigenvalue weighted by molar-refractivity contribution is 7.11. The molecule has 0 aliphatic carbocycles. The average molecular weight is 298 g/mol. The summed E-state index contributed by atoms with van der Waals surface area (Å²) in [6, 6.07) is 13.1. The fourth-order valence-electron chi connectivity index (χ4n) is 1.59. The molecule has 0 atom stereocenters. The largest absolute Gasteiger partial charge is 0.329 e. The van der Waals surface area contributed by atoms with Gasteiger partial charge in [0.15, 0.2) is 0 Å². The van der Waals surface area contributed by atoms with E-state index in [0.29, 0.717) is 5.82 Å². The van der Waals surface area contributed by atoms with Crippen LogP contribution in [0.4, 0.5) is 0 Å². The van der Waals surface area contributed by atoms with Gasteiger partial charge in [-0.3, -0.25) is 4.79 Å². The first-order chi connectivity index (χ1) is 10.3. The van der Waals surface area contributed by atoms with Crippen LogP contribution in [0.1, 0.15) is 15.6 Å². The van der Waals surface area contributed by atoms with E-state index in [4.69, 9.17) is 4.52 Å². The predicted octanol–water partition coefficient (Wildman–Crippen LogP) is 2.56. The molecule has 0 saturated carbocycles. The molecule has 2 heterocycles. The van der Waals surface area contributed by atoms with E-state index in [1.54, 1.807) is 6.21 Å². The molecule has 0 fully saturated rings. The van der Waals surface area contributed by atoms with E-state index in [-0.39, 0.29) is 5.89 Å². The average Bonchev–Trinajstić information content (AvgIpc) is 3.20. The molecule has 3 aromatic rings. The number of nitrogens with one attached hydrogen (secondary N) is 1. The Labute approximate surface area is 124 Å². The zero-order valence-corrected chi connectivity index (χ0v) is 11.6. The Morgan fingerprint density at radius 2 is 2.10 bits per heavy atom. The van der Waals surface area contributed by atoms with Gasteiger partial charge in [-0.1, -0.05) is 41.6 Å². The van der Waals surface area contributed by atoms with Gasteiger partial charge in [0.25, 0.3) is 0 Å². The highest BCUT2D eigenvalue weighted by Crippen LogP contribution is 2.14. The first-order valence-electron chi connectivity index (χ1n) is 6.09. The summed E-state index contributed by atoms with van der Waals surface area (Å²) in [5, 5.41) is 9.52. The van der Waals surface area contributed by atoms with E-state index >= 15 is 0 Å². The maximum atomic E-state index is 11.8. The van der Waals surface area contributed by atoms with E-state index < -0.39 is 5.91 Å². The first kappa shape index (κ1) is 13.2. The zero-order chi connectivity index (χ0) is 14.5. The van der Waals surface area contributed by atoms with E-state index in [1.807, 2.05) is 47.8 Å². The summed E-state index contributed by atoms with van der Waals surface area (Å²) < 4.78 is 4.92. The number of aromatic nitrogens is 2. The van der Waals surface area contributed by atoms with Gasteiger partial charge in [0, 0.05) is 10.4 Å². The summed E-state index contributed by atoms with van der Waals surface area (Å²) in [6.45, 7) is 0. The monoisotopic (exact) mass is 298 g/mol. The van der Waals surface area contributed by atoms with Crippen LogP contribution in [0, 0.1) is 0 Å². The fraction of sp³-hybridized carbons (Fsp3) is 0. The van der Waals surface area contributed by atoms with E-state index in [1.165, 1.54) is 11.3 Å². The molecule has 0 aliphatic heterocycles. The molecule has 1 N–H and O–H groups in total. The van der Waals surface area contributed by atoms with Gasteiger partial charge in [-0.2, -0.15) is 10.1 Å². The van der Waals surface area contributed by atoms with Crippen LogP contribution in [-0.4, -0.2) is 22.3 Å². The Morgan fingerprint density at radius 3 is 2.86 bits per heavy atom. The van der Waals surface area contributed by atoms with Crippen molar-refractivity contribution in [3.8, 4) is 11.4 Å². The molecule has 2 aromatic heterocycles. The number of nitrogens with zero attached hydrogens (tertiary/aromatic N) is 3. The SMILES string of the molecule is O=C(N/N=C/c1cccs1)c1nc(-c2ccccc2)no1. The lowest BCUT2D eigenvalue weighted by molar-refractivity contribution is 0.0911. The van der Waals surface area contributed by atoms with Crippen LogP contribution in [-0.2, 0) is 0 Å². The molecule has 1 amide bonds. The first-order valence-corrected chi connectivity index (χ1v) is 6.97. The molecule has 104 valence electrons. The summed E-state index contributed by atoms with van der Waals surface area (Å²) in [5.74, 6) is -0.308. The maximum absolute atomic E-state index is 11.8. The fourth-order valence-corrected chi connectivity index (χ4v) is 2.17. The van der Waals surface area contributed by atoms with Gasteiger partial charge in [0.1, 0.15) is 0 Å². The number of carbonyl (C=O) groups is 1. The normalized spacial score (nSPS) is 10.9. The third-order valence-electron chi connectivity index (χ3n) is 2.55. The number of carbonyl (C=O) groups excluding carboxylic acids is 1. The van der Waals surface area contributed by atoms with Crippen LogP contribution in [0.3, 0.4) is 0 Å². The van der Waals surface area contributed by atoms with Crippen molar-refractivity contribution in [1.29, 1.82) is 0 Å². The molecule has 0 aliphatic rings. The number of benzene rings is 1. The van der Waals surface area contributed by atoms with Crippen molar-refractivity contribution < 1.29 is 9.32 Å². The molecule has 1 aromatic carbocycles. The molecule has 0 saturated heterocycles. The Hall–Kier alpha value is -2.80. The van der Waals surface area contributed by atoms with Crippen molar-refractivity contribution in [3.63, 3.8) is 0 Å². The van der Waals surface area contributed by atoms with Gasteiger partial charge in [-0.15, -0.1) is 11.3 Å². The van der Waals surface area contributed by atoms with E-state index in [9.17, 15) is 4.79 Å². The minimum absolute atomic E-state index is 0.128. The maximum Gasteiger partial charge on any atom is 0.329 e. The van der Waals surface area contributed by atoms with Gasteiger partial charge in [0.2, 0.25) is 5.82 Å². The number of thiophene rings is 1. The summed E-state index contributed by atoms with van der Waals surface area (Å²) in [5.41, 5.74) is 3.12. The second-order valence-corrected chi connectivity index (χ2v) is 4.98. The van der Waals surface area contributed by atoms with Gasteiger partial charge in [0.05, 0.1) is 6.21 Å². The van der Waals surface area contributed by atoms with Crippen LogP contribution in [0.5, 0.6) is 0 Å². The van der Waals surface area contributed by atoms with Gasteiger partial charge < -0.3 is 4.52 Å². The molecule has 0 radical (unpaired) electrons. The van der Waals surface area contributed by atoms with Crippen LogP contribution in [0.25, 0.3) is 11.4 Å². The number of hydrogen-bond acceptors (Lipinski definition) is 6. The molecular weight excluding hydrogens is 288 g/mol. The molecule has 3 rings (SSSR count). The molecule has 0 unspecified atom stereocenters. The minimum Gasteiger partial charge on any atom is -0.328 e. The minimum atomic E-state index is -0.544. The van der Waals surface area contributed by atoms with Crippen LogP contribution in [0.15, 0.2) is 57.5 Å². The lowest BCUT2D eigenvalue weighted by Crippen LogP contribution is -2.17. The van der Waals surface area contributed by atoms with E-state index in [0.717, 1.165) is 10.4 Å². The summed E-state index contributed by atoms with van der Waals surface area (Å²) >= 11 is 1.52. The standard InChI is InChI=1S/C14H10N4O2S/c19-13(17-15-9-11-7-4-8-21-11)14-16-12(18-20-14)10-5-2-1-3-6-10/h1-9H,(H,17,19)/b15-9+. The van der Waals surface area contributed by atoms with Gasteiger partial charge >= 0.3 is 11.8 Å². The second kappa shape index (κ2) is 6.10. The smallest absolute Gasteiger partial charge is 0.328 e. The quantitative estimate of drug-likeness (QED) is 0.593.